The molecule has 7 nitrogen and oxygen atoms in total. The van der Waals surface area contributed by atoms with Crippen LogP contribution in [0.1, 0.15) is 41.7 Å². The molecule has 2 fully saturated rings. The first kappa shape index (κ1) is 23.9. The second-order valence-corrected chi connectivity index (χ2v) is 9.98. The number of hydrogen-bond acceptors (Lipinski definition) is 5. The van der Waals surface area contributed by atoms with Crippen LogP contribution in [0.2, 0.25) is 0 Å². The van der Waals surface area contributed by atoms with Crippen molar-refractivity contribution >= 4 is 16.8 Å². The van der Waals surface area contributed by atoms with Gasteiger partial charge in [0.1, 0.15) is 17.2 Å². The first-order valence-electron chi connectivity index (χ1n) is 12.8. The number of aromatic amines is 1. The summed E-state index contributed by atoms with van der Waals surface area (Å²) in [6.45, 7) is 8.17. The second kappa shape index (κ2) is 10.8. The Hall–Kier alpha value is -2.87. The maximum absolute atomic E-state index is 13.0. The molecule has 7 heteroatoms. The first-order chi connectivity index (χ1) is 17.0. The molecule has 0 bridgehead atoms. The van der Waals surface area contributed by atoms with Crippen molar-refractivity contribution in [2.75, 3.05) is 39.3 Å². The fourth-order valence-electron chi connectivity index (χ4n) is 5.06. The van der Waals surface area contributed by atoms with E-state index in [1.54, 1.807) is 0 Å². The molecule has 3 N–H and O–H groups in total. The Morgan fingerprint density at radius 2 is 1.66 bits per heavy atom. The number of piperidine rings is 2. The second-order valence-electron chi connectivity index (χ2n) is 9.98. The fraction of sp³-hybridized carbons (Fsp3) is 0.464. The molecular formula is C28H36N4O3. The number of benzene rings is 2. The van der Waals surface area contributed by atoms with Gasteiger partial charge in [-0.1, -0.05) is 23.8 Å². The van der Waals surface area contributed by atoms with Crippen LogP contribution < -0.4 is 10.1 Å². The van der Waals surface area contributed by atoms with Gasteiger partial charge >= 0.3 is 0 Å². The molecule has 3 heterocycles. The van der Waals surface area contributed by atoms with Crippen molar-refractivity contribution in [3.8, 4) is 11.5 Å². The molecule has 0 aliphatic carbocycles. The van der Waals surface area contributed by atoms with Crippen LogP contribution in [-0.4, -0.2) is 77.2 Å². The predicted molar refractivity (Wildman–Crippen MR) is 138 cm³/mol. The monoisotopic (exact) mass is 476 g/mol. The van der Waals surface area contributed by atoms with Gasteiger partial charge in [-0.2, -0.15) is 0 Å². The van der Waals surface area contributed by atoms with Gasteiger partial charge in [0.05, 0.1) is 6.10 Å². The number of nitrogens with zero attached hydrogens (tertiary/aromatic N) is 2. The zero-order chi connectivity index (χ0) is 24.2. The highest BCUT2D eigenvalue weighted by Gasteiger charge is 2.23. The van der Waals surface area contributed by atoms with Crippen LogP contribution in [0, 0.1) is 6.92 Å². The zero-order valence-electron chi connectivity index (χ0n) is 20.5. The van der Waals surface area contributed by atoms with Crippen LogP contribution in [0.5, 0.6) is 11.5 Å². The van der Waals surface area contributed by atoms with Crippen LogP contribution in [0.3, 0.4) is 0 Å². The van der Waals surface area contributed by atoms with Crippen molar-refractivity contribution in [3.05, 3.63) is 59.8 Å². The summed E-state index contributed by atoms with van der Waals surface area (Å²) in [7, 11) is 0. The largest absolute Gasteiger partial charge is 0.457 e. The van der Waals surface area contributed by atoms with Crippen molar-refractivity contribution in [2.45, 2.75) is 44.8 Å². The lowest BCUT2D eigenvalue weighted by Gasteiger charge is -2.35. The smallest absolute Gasteiger partial charge is 0.267 e. The van der Waals surface area contributed by atoms with E-state index in [0.29, 0.717) is 5.69 Å². The number of nitrogens with one attached hydrogen (secondary N) is 2. The summed E-state index contributed by atoms with van der Waals surface area (Å²) >= 11 is 0. The van der Waals surface area contributed by atoms with Crippen molar-refractivity contribution in [3.63, 3.8) is 0 Å². The summed E-state index contributed by atoms with van der Waals surface area (Å²) in [6, 6.07) is 15.9. The normalized spacial score (nSPS) is 18.7. The summed E-state index contributed by atoms with van der Waals surface area (Å²) in [4.78, 5) is 21.2. The number of aliphatic hydroxyl groups is 1. The molecule has 1 amide bonds. The van der Waals surface area contributed by atoms with E-state index < -0.39 is 0 Å². The SMILES string of the molecule is Cc1ccc(Oc2cccc3[nH]c(C(=O)NC4CCN(CCN5CCC(O)CC5)CC4)cc23)cc1. The lowest BCUT2D eigenvalue weighted by Crippen LogP contribution is -2.47. The van der Waals surface area contributed by atoms with Gasteiger partial charge in [-0.15, -0.1) is 0 Å². The number of aromatic nitrogens is 1. The van der Waals surface area contributed by atoms with E-state index in [0.717, 1.165) is 87.4 Å². The number of carbonyl (C=O) groups is 1. The molecule has 2 aromatic carbocycles. The summed E-state index contributed by atoms with van der Waals surface area (Å²) in [6.07, 6.45) is 3.59. The topological polar surface area (TPSA) is 80.8 Å². The number of hydrogen-bond donors (Lipinski definition) is 3. The number of aryl methyl sites for hydroxylation is 1. The Bertz CT molecular complexity index is 1130. The first-order valence-corrected chi connectivity index (χ1v) is 12.8. The van der Waals surface area contributed by atoms with Crippen LogP contribution >= 0.6 is 0 Å². The number of ether oxygens (including phenoxy) is 1. The quantitative estimate of drug-likeness (QED) is 0.482. The number of carbonyl (C=O) groups excluding carboxylic acids is 1. The van der Waals surface area contributed by atoms with Crippen LogP contribution in [-0.2, 0) is 0 Å². The Morgan fingerprint density at radius 1 is 1.00 bits per heavy atom. The van der Waals surface area contributed by atoms with Gasteiger partial charge in [0.2, 0.25) is 0 Å². The van der Waals surface area contributed by atoms with Crippen molar-refractivity contribution < 1.29 is 14.6 Å². The van der Waals surface area contributed by atoms with Crippen LogP contribution in [0.25, 0.3) is 10.9 Å². The van der Waals surface area contributed by atoms with Gasteiger partial charge < -0.3 is 29.9 Å². The third-order valence-corrected chi connectivity index (χ3v) is 7.33. The van der Waals surface area contributed by atoms with Gasteiger partial charge in [-0.3, -0.25) is 4.79 Å². The molecule has 1 aromatic heterocycles. The van der Waals surface area contributed by atoms with E-state index in [2.05, 4.69) is 20.1 Å². The van der Waals surface area contributed by atoms with Gasteiger partial charge in [0, 0.05) is 56.2 Å². The maximum atomic E-state index is 13.0. The minimum atomic E-state index is -0.116. The van der Waals surface area contributed by atoms with Gasteiger partial charge in [-0.25, -0.2) is 0 Å². The predicted octanol–water partition coefficient (Wildman–Crippen LogP) is 3.92. The highest BCUT2D eigenvalue weighted by Crippen LogP contribution is 2.30. The van der Waals surface area contributed by atoms with Crippen LogP contribution in [0.15, 0.2) is 48.5 Å². The van der Waals surface area contributed by atoms with Crippen molar-refractivity contribution in [2.24, 2.45) is 0 Å². The Balaban J connectivity index is 1.13. The van der Waals surface area contributed by atoms with E-state index in [-0.39, 0.29) is 18.1 Å². The summed E-state index contributed by atoms with van der Waals surface area (Å²) in [5, 5.41) is 13.8. The summed E-state index contributed by atoms with van der Waals surface area (Å²) in [5.41, 5.74) is 2.64. The van der Waals surface area contributed by atoms with E-state index in [9.17, 15) is 9.90 Å². The number of aliphatic hydroxyl groups excluding tert-OH is 1. The maximum Gasteiger partial charge on any atom is 0.267 e. The highest BCUT2D eigenvalue weighted by molar-refractivity contribution is 5.99. The standard InChI is InChI=1S/C28H36N4O3/c1-20-5-7-23(8-6-20)35-27-4-2-3-25-24(27)19-26(30-25)28(34)29-21-9-13-31(14-10-21)17-18-32-15-11-22(33)12-16-32/h2-8,19,21-22,30,33H,9-18H2,1H3,(H,29,34). The third-order valence-electron chi connectivity index (χ3n) is 7.33. The minimum Gasteiger partial charge on any atom is -0.457 e. The number of rotatable bonds is 7. The van der Waals surface area contributed by atoms with Gasteiger partial charge in [0.15, 0.2) is 0 Å². The average molecular weight is 477 g/mol. The molecule has 0 saturated carbocycles. The lowest BCUT2D eigenvalue weighted by molar-refractivity contribution is 0.0729. The molecule has 0 atom stereocenters. The fourth-order valence-corrected chi connectivity index (χ4v) is 5.06. The Labute approximate surface area is 207 Å². The Morgan fingerprint density at radius 3 is 2.34 bits per heavy atom. The zero-order valence-corrected chi connectivity index (χ0v) is 20.5. The number of likely N-dealkylation sites (tertiary alicyclic amines) is 2. The Kier molecular flexibility index (Phi) is 7.37. The molecule has 2 saturated heterocycles. The molecule has 0 radical (unpaired) electrons. The van der Waals surface area contributed by atoms with E-state index in [4.69, 9.17) is 4.74 Å². The molecule has 35 heavy (non-hydrogen) atoms. The molecule has 0 spiro atoms. The summed E-state index contributed by atoms with van der Waals surface area (Å²) < 4.78 is 6.10. The molecular weight excluding hydrogens is 440 g/mol. The molecule has 2 aliphatic rings. The van der Waals surface area contributed by atoms with Gasteiger partial charge in [-0.05, 0) is 62.9 Å². The molecule has 186 valence electrons. The van der Waals surface area contributed by atoms with Crippen molar-refractivity contribution in [1.29, 1.82) is 0 Å². The van der Waals surface area contributed by atoms with E-state index >= 15 is 0 Å². The summed E-state index contributed by atoms with van der Waals surface area (Å²) in [5.74, 6) is 1.45. The average Bonchev–Trinajstić information content (AvgIpc) is 3.32. The van der Waals surface area contributed by atoms with Crippen LogP contribution in [0.4, 0.5) is 0 Å². The molecule has 5 rings (SSSR count). The van der Waals surface area contributed by atoms with E-state index in [1.165, 1.54) is 5.56 Å². The molecule has 0 unspecified atom stereocenters. The minimum absolute atomic E-state index is 0.0622. The van der Waals surface area contributed by atoms with Crippen molar-refractivity contribution in [1.82, 2.24) is 20.1 Å². The third kappa shape index (κ3) is 6.04. The lowest BCUT2D eigenvalue weighted by atomic mass is 10.0. The number of fused-ring (bicyclic) bond motifs is 1. The number of H-pyrrole nitrogens is 1. The highest BCUT2D eigenvalue weighted by atomic mass is 16.5. The molecule has 2 aliphatic heterocycles. The number of amides is 1. The van der Waals surface area contributed by atoms with Gasteiger partial charge in [0.25, 0.3) is 5.91 Å². The molecule has 3 aromatic rings. The van der Waals surface area contributed by atoms with E-state index in [1.807, 2.05) is 55.5 Å².